The predicted molar refractivity (Wildman–Crippen MR) is 110 cm³/mol. The van der Waals surface area contributed by atoms with E-state index in [4.69, 9.17) is 9.72 Å². The molecule has 1 saturated heterocycles. The number of H-pyrrole nitrogens is 1. The molecule has 1 fully saturated rings. The molecule has 0 unspecified atom stereocenters. The number of fused-ring (bicyclic) bond motifs is 1. The molecule has 0 amide bonds. The van der Waals surface area contributed by atoms with Gasteiger partial charge in [0.2, 0.25) is 0 Å². The van der Waals surface area contributed by atoms with Gasteiger partial charge >= 0.3 is 0 Å². The second-order valence-electron chi connectivity index (χ2n) is 7.24. The van der Waals surface area contributed by atoms with Crippen LogP contribution in [0.25, 0.3) is 22.2 Å². The molecule has 2 aromatic carbocycles. The molecule has 28 heavy (non-hydrogen) atoms. The number of nitrogens with one attached hydrogen (secondary N) is 1. The Morgan fingerprint density at radius 3 is 2.50 bits per heavy atom. The highest BCUT2D eigenvalue weighted by molar-refractivity contribution is 5.80. The minimum Gasteiger partial charge on any atom is -0.457 e. The Bertz CT molecular complexity index is 1070. The van der Waals surface area contributed by atoms with Crippen molar-refractivity contribution in [2.75, 3.05) is 13.1 Å². The van der Waals surface area contributed by atoms with Crippen LogP contribution in [0.5, 0.6) is 11.5 Å². The molecule has 5 heteroatoms. The quantitative estimate of drug-likeness (QED) is 0.536. The maximum Gasteiger partial charge on any atom is 0.128 e. The van der Waals surface area contributed by atoms with Crippen molar-refractivity contribution in [3.63, 3.8) is 0 Å². The van der Waals surface area contributed by atoms with Crippen molar-refractivity contribution in [1.29, 1.82) is 0 Å². The van der Waals surface area contributed by atoms with E-state index in [1.807, 2.05) is 48.5 Å². The Morgan fingerprint density at radius 1 is 0.893 bits per heavy atom. The van der Waals surface area contributed by atoms with Crippen molar-refractivity contribution < 1.29 is 4.74 Å². The molecule has 2 aromatic heterocycles. The van der Waals surface area contributed by atoms with Crippen LogP contribution in [0.4, 0.5) is 0 Å². The van der Waals surface area contributed by atoms with E-state index in [1.165, 1.54) is 25.9 Å². The lowest BCUT2D eigenvalue weighted by molar-refractivity contribution is 0.327. The summed E-state index contributed by atoms with van der Waals surface area (Å²) >= 11 is 0. The van der Waals surface area contributed by atoms with E-state index in [0.717, 1.165) is 45.9 Å². The van der Waals surface area contributed by atoms with Gasteiger partial charge in [0.05, 0.1) is 16.9 Å². The van der Waals surface area contributed by atoms with Gasteiger partial charge < -0.3 is 4.74 Å². The summed E-state index contributed by atoms with van der Waals surface area (Å²) in [7, 11) is 0. The summed E-state index contributed by atoms with van der Waals surface area (Å²) in [5, 5.41) is 8.05. The van der Waals surface area contributed by atoms with Gasteiger partial charge in [-0.15, -0.1) is 0 Å². The maximum absolute atomic E-state index is 6.03. The molecule has 0 saturated carbocycles. The van der Waals surface area contributed by atoms with Gasteiger partial charge in [0.25, 0.3) is 0 Å². The third-order valence-electron chi connectivity index (χ3n) is 5.20. The molecule has 5 rings (SSSR count). The van der Waals surface area contributed by atoms with Crippen LogP contribution >= 0.6 is 0 Å². The van der Waals surface area contributed by atoms with Gasteiger partial charge in [-0.1, -0.05) is 6.07 Å². The van der Waals surface area contributed by atoms with Crippen LogP contribution in [0.2, 0.25) is 0 Å². The summed E-state index contributed by atoms with van der Waals surface area (Å²) in [6, 6.07) is 20.3. The largest absolute Gasteiger partial charge is 0.457 e. The van der Waals surface area contributed by atoms with Gasteiger partial charge in [-0.3, -0.25) is 15.0 Å². The third kappa shape index (κ3) is 3.62. The van der Waals surface area contributed by atoms with Gasteiger partial charge in [-0.2, -0.15) is 5.10 Å². The van der Waals surface area contributed by atoms with Gasteiger partial charge in [0, 0.05) is 18.1 Å². The predicted octanol–water partition coefficient (Wildman–Crippen LogP) is 5.01. The van der Waals surface area contributed by atoms with Crippen molar-refractivity contribution >= 4 is 10.9 Å². The minimum atomic E-state index is 0.807. The van der Waals surface area contributed by atoms with E-state index in [2.05, 4.69) is 27.2 Å². The zero-order valence-electron chi connectivity index (χ0n) is 15.6. The van der Waals surface area contributed by atoms with E-state index in [0.29, 0.717) is 0 Å². The van der Waals surface area contributed by atoms with Crippen molar-refractivity contribution in [3.05, 3.63) is 72.6 Å². The van der Waals surface area contributed by atoms with E-state index >= 15 is 0 Å². The lowest BCUT2D eigenvalue weighted by Crippen LogP contribution is -2.19. The molecule has 0 atom stereocenters. The number of hydrogen-bond acceptors (Lipinski definition) is 4. The second kappa shape index (κ2) is 7.44. The number of pyridine rings is 1. The van der Waals surface area contributed by atoms with Crippen molar-refractivity contribution in [2.24, 2.45) is 0 Å². The van der Waals surface area contributed by atoms with E-state index in [-0.39, 0.29) is 0 Å². The molecule has 0 spiro atoms. The number of rotatable bonds is 5. The summed E-state index contributed by atoms with van der Waals surface area (Å²) < 4.78 is 6.03. The molecule has 140 valence electrons. The summed E-state index contributed by atoms with van der Waals surface area (Å²) in [5.74, 6) is 1.62. The lowest BCUT2D eigenvalue weighted by atomic mass is 10.1. The molecule has 1 aliphatic heterocycles. The van der Waals surface area contributed by atoms with Crippen molar-refractivity contribution in [2.45, 2.75) is 19.4 Å². The number of aromatic nitrogens is 3. The van der Waals surface area contributed by atoms with Crippen molar-refractivity contribution in [1.82, 2.24) is 20.1 Å². The Morgan fingerprint density at radius 2 is 1.71 bits per heavy atom. The first-order valence-electron chi connectivity index (χ1n) is 9.73. The molecule has 3 heterocycles. The van der Waals surface area contributed by atoms with Gasteiger partial charge in [-0.25, -0.2) is 0 Å². The van der Waals surface area contributed by atoms with Gasteiger partial charge in [0.15, 0.2) is 0 Å². The number of aromatic amines is 1. The topological polar surface area (TPSA) is 54.0 Å². The minimum absolute atomic E-state index is 0.807. The average molecular weight is 370 g/mol. The lowest BCUT2D eigenvalue weighted by Gasteiger charge is -2.14. The molecule has 4 aromatic rings. The normalized spacial score (nSPS) is 14.6. The van der Waals surface area contributed by atoms with Crippen LogP contribution in [-0.2, 0) is 6.54 Å². The van der Waals surface area contributed by atoms with E-state index < -0.39 is 0 Å². The number of likely N-dealkylation sites (tertiary alicyclic amines) is 1. The third-order valence-corrected chi connectivity index (χ3v) is 5.20. The van der Waals surface area contributed by atoms with Gasteiger partial charge in [-0.05, 0) is 86.1 Å². The molecule has 0 aliphatic carbocycles. The number of nitrogens with zero attached hydrogens (tertiary/aromatic N) is 3. The average Bonchev–Trinajstić information content (AvgIpc) is 3.43. The highest BCUT2D eigenvalue weighted by Gasteiger charge is 2.12. The molecule has 5 nitrogen and oxygen atoms in total. The van der Waals surface area contributed by atoms with Crippen LogP contribution in [0, 0.1) is 0 Å². The fourth-order valence-corrected chi connectivity index (χ4v) is 3.72. The fraction of sp³-hybridized carbons (Fsp3) is 0.217. The number of benzene rings is 2. The molecular weight excluding hydrogens is 348 g/mol. The highest BCUT2D eigenvalue weighted by Crippen LogP contribution is 2.27. The maximum atomic E-state index is 6.03. The second-order valence-corrected chi connectivity index (χ2v) is 7.24. The monoisotopic (exact) mass is 370 g/mol. The van der Waals surface area contributed by atoms with Crippen LogP contribution in [0.1, 0.15) is 18.5 Å². The summed E-state index contributed by atoms with van der Waals surface area (Å²) in [6.07, 6.45) is 4.35. The Hall–Kier alpha value is -3.18. The zero-order valence-corrected chi connectivity index (χ0v) is 15.6. The summed E-state index contributed by atoms with van der Waals surface area (Å²) in [5.41, 5.74) is 4.22. The highest BCUT2D eigenvalue weighted by atomic mass is 16.5. The zero-order chi connectivity index (χ0) is 18.8. The number of hydrogen-bond donors (Lipinski definition) is 1. The van der Waals surface area contributed by atoms with Crippen LogP contribution in [-0.4, -0.2) is 33.2 Å². The number of ether oxygens (including phenoxy) is 1. The SMILES string of the molecule is c1cc(-c2ccc(Oc3ccc4nc(CN5CCCC5)ccc4c3)cc2)[nH]n1. The van der Waals surface area contributed by atoms with Crippen LogP contribution < -0.4 is 4.74 Å². The summed E-state index contributed by atoms with van der Waals surface area (Å²) in [6.45, 7) is 3.31. The van der Waals surface area contributed by atoms with Gasteiger partial charge in [0.1, 0.15) is 11.5 Å². The molecule has 1 N–H and O–H groups in total. The van der Waals surface area contributed by atoms with E-state index in [9.17, 15) is 0 Å². The Kier molecular flexibility index (Phi) is 4.51. The molecule has 0 bridgehead atoms. The smallest absolute Gasteiger partial charge is 0.128 e. The molecular formula is C23H22N4O. The molecule has 0 radical (unpaired) electrons. The fourth-order valence-electron chi connectivity index (χ4n) is 3.72. The first-order chi connectivity index (χ1) is 13.8. The van der Waals surface area contributed by atoms with E-state index in [1.54, 1.807) is 6.20 Å². The van der Waals surface area contributed by atoms with Crippen LogP contribution in [0.15, 0.2) is 66.9 Å². The first-order valence-corrected chi connectivity index (χ1v) is 9.73. The standard InChI is InChI=1S/C23H22N4O/c1-2-14-27(13-1)16-19-6-3-18-15-21(9-10-22(18)25-19)28-20-7-4-17(5-8-20)23-11-12-24-26-23/h3-12,15H,1-2,13-14,16H2,(H,24,26). The molecule has 1 aliphatic rings. The van der Waals surface area contributed by atoms with Crippen molar-refractivity contribution in [3.8, 4) is 22.8 Å². The Labute approximate surface area is 164 Å². The summed E-state index contributed by atoms with van der Waals surface area (Å²) in [4.78, 5) is 7.29. The Balaban J connectivity index is 1.32. The first kappa shape index (κ1) is 17.0. The van der Waals surface area contributed by atoms with Crippen LogP contribution in [0.3, 0.4) is 0 Å².